The van der Waals surface area contributed by atoms with Gasteiger partial charge in [-0.25, -0.2) is 0 Å². The Morgan fingerprint density at radius 1 is 1.00 bits per heavy atom. The topological polar surface area (TPSA) is 47.6 Å². The Morgan fingerprint density at radius 2 is 1.73 bits per heavy atom. The second-order valence-corrected chi connectivity index (χ2v) is 20.5. The van der Waals surface area contributed by atoms with E-state index in [0.29, 0.717) is 48.5 Å². The molecule has 0 aromatic heterocycles. The molecule has 5 atom stereocenters. The number of aryl methyl sites for hydroxylation is 1. The van der Waals surface area contributed by atoms with Crippen LogP contribution in [0.25, 0.3) is 0 Å². The molecule has 4 nitrogen and oxygen atoms in total. The minimum atomic E-state index is -0.934. The number of hydrogen-bond donors (Lipinski definition) is 1. The highest BCUT2D eigenvalue weighted by Gasteiger charge is 2.59. The Hall–Kier alpha value is -1.43. The van der Waals surface area contributed by atoms with E-state index >= 15 is 0 Å². The molecule has 2 fully saturated rings. The molecule has 1 amide bonds. The van der Waals surface area contributed by atoms with Crippen molar-refractivity contribution in [3.63, 3.8) is 0 Å². The summed E-state index contributed by atoms with van der Waals surface area (Å²) in [5.74, 6) is 2.24. The van der Waals surface area contributed by atoms with Crippen LogP contribution in [-0.2, 0) is 20.4 Å². The van der Waals surface area contributed by atoms with Crippen molar-refractivity contribution in [2.75, 3.05) is 19.8 Å². The number of rotatable bonds is 14. The van der Waals surface area contributed by atoms with Gasteiger partial charge in [0, 0.05) is 19.6 Å². The first-order valence-electron chi connectivity index (χ1n) is 18.4. The van der Waals surface area contributed by atoms with Crippen LogP contribution < -0.4 is 5.32 Å². The number of carbonyl (C=O) groups is 1. The van der Waals surface area contributed by atoms with Crippen LogP contribution in [0.1, 0.15) is 132 Å². The third-order valence-corrected chi connectivity index (χ3v) is 15.0. The molecular formula is C40H66NO3Si. The summed E-state index contributed by atoms with van der Waals surface area (Å²) in [5.41, 5.74) is 5.73. The van der Waals surface area contributed by atoms with Gasteiger partial charge in [0.2, 0.25) is 14.9 Å². The Labute approximate surface area is 278 Å². The van der Waals surface area contributed by atoms with Gasteiger partial charge >= 0.3 is 0 Å². The van der Waals surface area contributed by atoms with E-state index in [-0.39, 0.29) is 16.4 Å². The number of hydrogen-bond acceptors (Lipinski definition) is 3. The van der Waals surface area contributed by atoms with Gasteiger partial charge in [0.05, 0.1) is 12.7 Å². The summed E-state index contributed by atoms with van der Waals surface area (Å²) in [6, 6.07) is 10.6. The molecule has 1 N–H and O–H groups in total. The smallest absolute Gasteiger partial charge is 0.220 e. The van der Waals surface area contributed by atoms with E-state index in [2.05, 4.69) is 98.0 Å². The van der Waals surface area contributed by atoms with E-state index in [4.69, 9.17) is 9.16 Å². The number of nitrogens with one attached hydrogen (secondary N) is 1. The zero-order chi connectivity index (χ0) is 32.8. The lowest BCUT2D eigenvalue weighted by Gasteiger charge is -2.63. The number of ether oxygens (including phenoxy) is 1. The fourth-order valence-corrected chi connectivity index (χ4v) is 12.9. The Balaban J connectivity index is 1.25. The summed E-state index contributed by atoms with van der Waals surface area (Å²) in [6.07, 6.45) is 12.7. The summed E-state index contributed by atoms with van der Waals surface area (Å²) in [4.78, 5) is 12.9. The first-order chi connectivity index (χ1) is 21.2. The number of allylic oxidation sites excluding steroid dienone is 2. The van der Waals surface area contributed by atoms with E-state index in [0.717, 1.165) is 38.2 Å². The van der Waals surface area contributed by atoms with Crippen LogP contribution in [0.15, 0.2) is 41.5 Å². The van der Waals surface area contributed by atoms with Crippen molar-refractivity contribution in [2.24, 2.45) is 28.6 Å². The van der Waals surface area contributed by atoms with Crippen LogP contribution in [0.4, 0.5) is 0 Å². The van der Waals surface area contributed by atoms with E-state index in [1.807, 2.05) is 0 Å². The van der Waals surface area contributed by atoms with Crippen molar-refractivity contribution in [1.29, 1.82) is 0 Å². The lowest BCUT2D eigenvalue weighted by molar-refractivity contribution is -0.144. The third-order valence-electron chi connectivity index (χ3n) is 12.0. The molecule has 1 radical (unpaired) electrons. The number of carbonyl (C=O) groups excluding carboxylic acids is 1. The summed E-state index contributed by atoms with van der Waals surface area (Å²) in [5, 5.41) is 3.38. The van der Waals surface area contributed by atoms with E-state index in [1.54, 1.807) is 11.1 Å². The van der Waals surface area contributed by atoms with E-state index in [1.165, 1.54) is 44.1 Å². The molecule has 253 valence electrons. The molecule has 0 saturated heterocycles. The predicted molar refractivity (Wildman–Crippen MR) is 191 cm³/mol. The average Bonchev–Trinajstić information content (AvgIpc) is 2.97. The van der Waals surface area contributed by atoms with Gasteiger partial charge in [-0.2, -0.15) is 0 Å². The largest absolute Gasteiger partial charge is 0.412 e. The highest BCUT2D eigenvalue weighted by Crippen LogP contribution is 2.65. The summed E-state index contributed by atoms with van der Waals surface area (Å²) in [7, 11) is -0.934. The molecule has 1 aromatic carbocycles. The van der Waals surface area contributed by atoms with Crippen LogP contribution in [0.5, 0.6) is 0 Å². The van der Waals surface area contributed by atoms with Crippen LogP contribution in [-0.4, -0.2) is 40.8 Å². The number of amides is 1. The van der Waals surface area contributed by atoms with Gasteiger partial charge < -0.3 is 14.5 Å². The number of unbranched alkanes of at least 4 members (excludes halogenated alkanes) is 1. The zero-order valence-electron chi connectivity index (χ0n) is 30.4. The molecule has 1 aromatic rings. The predicted octanol–water partition coefficient (Wildman–Crippen LogP) is 10.1. The van der Waals surface area contributed by atoms with Gasteiger partial charge in [-0.1, -0.05) is 96.9 Å². The Kier molecular flexibility index (Phi) is 12.7. The molecule has 3 aliphatic rings. The van der Waals surface area contributed by atoms with E-state index in [9.17, 15) is 4.79 Å². The zero-order valence-corrected chi connectivity index (χ0v) is 31.4. The van der Waals surface area contributed by atoms with Crippen molar-refractivity contribution in [3.8, 4) is 0 Å². The first kappa shape index (κ1) is 36.4. The molecule has 2 saturated carbocycles. The van der Waals surface area contributed by atoms with Gasteiger partial charge in [-0.3, -0.25) is 4.79 Å². The van der Waals surface area contributed by atoms with Crippen molar-refractivity contribution >= 4 is 14.9 Å². The summed E-state index contributed by atoms with van der Waals surface area (Å²) >= 11 is 0. The van der Waals surface area contributed by atoms with Gasteiger partial charge in [0.1, 0.15) is 0 Å². The van der Waals surface area contributed by atoms with Gasteiger partial charge in [-0.15, -0.1) is 0 Å². The van der Waals surface area contributed by atoms with Crippen LogP contribution >= 0.6 is 0 Å². The molecule has 0 aliphatic heterocycles. The van der Waals surface area contributed by atoms with Crippen LogP contribution in [0.3, 0.4) is 0 Å². The van der Waals surface area contributed by atoms with E-state index < -0.39 is 9.04 Å². The van der Waals surface area contributed by atoms with Gasteiger partial charge in [0.15, 0.2) is 0 Å². The van der Waals surface area contributed by atoms with Crippen molar-refractivity contribution in [2.45, 2.75) is 150 Å². The molecule has 45 heavy (non-hydrogen) atoms. The molecular weight excluding hydrogens is 571 g/mol. The number of fused-ring (bicyclic) bond motifs is 3. The third kappa shape index (κ3) is 8.93. The normalized spacial score (nSPS) is 28.2. The fraction of sp³-hybridized carbons (Fsp3) is 0.775. The van der Waals surface area contributed by atoms with Gasteiger partial charge in [-0.05, 0) is 116 Å². The molecule has 4 rings (SSSR count). The molecule has 0 bridgehead atoms. The highest BCUT2D eigenvalue weighted by molar-refractivity contribution is 6.56. The second-order valence-electron chi connectivity index (χ2n) is 16.8. The minimum absolute atomic E-state index is 0.172. The summed E-state index contributed by atoms with van der Waals surface area (Å²) in [6.45, 7) is 23.9. The average molecular weight is 637 g/mol. The second kappa shape index (κ2) is 15.6. The monoisotopic (exact) mass is 636 g/mol. The van der Waals surface area contributed by atoms with Gasteiger partial charge in [0.25, 0.3) is 0 Å². The minimum Gasteiger partial charge on any atom is -0.412 e. The van der Waals surface area contributed by atoms with Crippen molar-refractivity contribution in [3.05, 3.63) is 47.0 Å². The molecule has 3 aliphatic carbocycles. The maximum Gasteiger partial charge on any atom is 0.220 e. The molecule has 5 heteroatoms. The Bertz CT molecular complexity index is 1120. The van der Waals surface area contributed by atoms with Crippen molar-refractivity contribution < 1.29 is 14.0 Å². The lowest BCUT2D eigenvalue weighted by Crippen LogP contribution is -2.58. The molecule has 0 heterocycles. The molecule has 0 unspecified atom stereocenters. The maximum atomic E-state index is 12.9. The van der Waals surface area contributed by atoms with Crippen LogP contribution in [0, 0.1) is 28.6 Å². The lowest BCUT2D eigenvalue weighted by atomic mass is 9.43. The Morgan fingerprint density at radius 3 is 2.42 bits per heavy atom. The fourth-order valence-electron chi connectivity index (χ4n) is 9.83. The van der Waals surface area contributed by atoms with Crippen LogP contribution in [0.2, 0.25) is 10.6 Å². The molecule has 0 spiro atoms. The van der Waals surface area contributed by atoms with Crippen molar-refractivity contribution in [1.82, 2.24) is 5.32 Å². The summed E-state index contributed by atoms with van der Waals surface area (Å²) < 4.78 is 13.0. The number of benzene rings is 1. The highest BCUT2D eigenvalue weighted by atomic mass is 28.3. The maximum absolute atomic E-state index is 12.9. The standard InChI is InChI=1S/C40H66NO3Si/c1-29(2)45(38(4,5)6)44-36-24-25-40(9)34-21-18-30(3)32(33(34)19-22-35(40)39(36,7)8)20-23-37(42)41-26-28-43-27-14-13-17-31-15-11-10-12-16-31/h10-12,15-16,29,33-36H,13-14,17-28H2,1-9H3,(H,41,42)/t33-,34-,35-,36-,40+/m0/s1. The quantitative estimate of drug-likeness (QED) is 0.126. The SMILES string of the molecule is CC1=C(CCC(=O)NCCOCCCCc2ccccc2)[C@@H]2CC[C@H]3C(C)(C)[C@@H](O[Si](C(C)C)C(C)(C)C)CC[C@]3(C)[C@H]2CC1. The first-order valence-corrected chi connectivity index (χ1v) is 19.8.